The number of hydrogen-bond acceptors (Lipinski definition) is 4. The van der Waals surface area contributed by atoms with E-state index in [2.05, 4.69) is 24.1 Å². The molecule has 0 radical (unpaired) electrons. The number of aliphatic carboxylic acids is 1. The molecule has 2 N–H and O–H groups in total. The van der Waals surface area contributed by atoms with E-state index in [0.29, 0.717) is 25.3 Å². The van der Waals surface area contributed by atoms with Gasteiger partial charge in [0.2, 0.25) is 5.91 Å². The normalized spacial score (nSPS) is 24.1. The molecule has 6 heteroatoms. The maximum absolute atomic E-state index is 12.0. The monoisotopic (exact) mass is 286 g/mol. The lowest BCUT2D eigenvalue weighted by Crippen LogP contribution is -2.44. The second-order valence-electron chi connectivity index (χ2n) is 6.02. The average Bonchev–Trinajstić information content (AvgIpc) is 2.82. The van der Waals surface area contributed by atoms with Crippen LogP contribution in [0, 0.1) is 5.92 Å². The molecule has 0 aromatic carbocycles. The number of carboxylic acid groups (broad SMARTS) is 1. The third-order valence-corrected chi connectivity index (χ3v) is 3.57. The number of amides is 1. The fourth-order valence-corrected chi connectivity index (χ4v) is 2.36. The minimum Gasteiger partial charge on any atom is -0.479 e. The molecule has 0 aliphatic carbocycles. The van der Waals surface area contributed by atoms with Gasteiger partial charge in [-0.15, -0.1) is 0 Å². The number of rotatable bonds is 7. The number of hydrogen-bond donors (Lipinski definition) is 2. The fraction of sp³-hybridized carbons (Fsp3) is 0.857. The first kappa shape index (κ1) is 16.9. The predicted octanol–water partition coefficient (Wildman–Crippen LogP) is 0.711. The summed E-state index contributed by atoms with van der Waals surface area (Å²) in [5.41, 5.74) is 0. The van der Waals surface area contributed by atoms with E-state index in [0.717, 1.165) is 6.42 Å². The van der Waals surface area contributed by atoms with Crippen molar-refractivity contribution in [1.29, 1.82) is 0 Å². The zero-order valence-electron chi connectivity index (χ0n) is 12.8. The molecule has 0 spiro atoms. The third-order valence-electron chi connectivity index (χ3n) is 3.57. The summed E-state index contributed by atoms with van der Waals surface area (Å²) < 4.78 is 5.23. The van der Waals surface area contributed by atoms with Gasteiger partial charge in [0.25, 0.3) is 0 Å². The van der Waals surface area contributed by atoms with Gasteiger partial charge >= 0.3 is 5.97 Å². The number of nitrogens with zero attached hydrogens (tertiary/aromatic N) is 1. The minimum absolute atomic E-state index is 0.204. The molecule has 0 bridgehead atoms. The molecule has 0 aromatic rings. The molecule has 0 saturated carbocycles. The second-order valence-corrected chi connectivity index (χ2v) is 6.02. The van der Waals surface area contributed by atoms with Crippen LogP contribution in [0.2, 0.25) is 0 Å². The summed E-state index contributed by atoms with van der Waals surface area (Å²) in [6.07, 6.45) is 0.399. The molecule has 1 aliphatic rings. The topological polar surface area (TPSA) is 78.9 Å². The van der Waals surface area contributed by atoms with Crippen LogP contribution in [0.15, 0.2) is 0 Å². The van der Waals surface area contributed by atoms with Crippen LogP contribution in [-0.2, 0) is 14.3 Å². The SMILES string of the molecule is CC(C)CC(CNC(=O)C1CCC(C(=O)O)O1)N(C)C. The van der Waals surface area contributed by atoms with E-state index in [1.807, 2.05) is 14.1 Å². The van der Waals surface area contributed by atoms with Crippen molar-refractivity contribution in [3.05, 3.63) is 0 Å². The van der Waals surface area contributed by atoms with Gasteiger partial charge in [-0.2, -0.15) is 0 Å². The number of nitrogens with one attached hydrogen (secondary N) is 1. The first-order valence-electron chi connectivity index (χ1n) is 7.13. The summed E-state index contributed by atoms with van der Waals surface area (Å²) in [6.45, 7) is 4.85. The van der Waals surface area contributed by atoms with Crippen molar-refractivity contribution in [2.75, 3.05) is 20.6 Å². The molecule has 3 unspecified atom stereocenters. The van der Waals surface area contributed by atoms with Crippen molar-refractivity contribution in [3.8, 4) is 0 Å². The van der Waals surface area contributed by atoms with E-state index in [9.17, 15) is 9.59 Å². The summed E-state index contributed by atoms with van der Waals surface area (Å²) in [4.78, 5) is 24.9. The molecule has 6 nitrogen and oxygen atoms in total. The van der Waals surface area contributed by atoms with Gasteiger partial charge in [0.05, 0.1) is 0 Å². The van der Waals surface area contributed by atoms with E-state index < -0.39 is 18.2 Å². The molecular weight excluding hydrogens is 260 g/mol. The molecule has 1 fully saturated rings. The summed E-state index contributed by atoms with van der Waals surface area (Å²) in [6, 6.07) is 0.274. The maximum atomic E-state index is 12.0. The van der Waals surface area contributed by atoms with Crippen LogP contribution < -0.4 is 5.32 Å². The third kappa shape index (κ3) is 5.09. The highest BCUT2D eigenvalue weighted by atomic mass is 16.5. The zero-order chi connectivity index (χ0) is 15.3. The quantitative estimate of drug-likeness (QED) is 0.720. The summed E-state index contributed by atoms with van der Waals surface area (Å²) >= 11 is 0. The highest BCUT2D eigenvalue weighted by Gasteiger charge is 2.34. The van der Waals surface area contributed by atoms with Crippen molar-refractivity contribution in [2.24, 2.45) is 5.92 Å². The van der Waals surface area contributed by atoms with E-state index in [1.165, 1.54) is 0 Å². The van der Waals surface area contributed by atoms with Gasteiger partial charge in [-0.3, -0.25) is 4.79 Å². The Balaban J connectivity index is 2.40. The average molecular weight is 286 g/mol. The van der Waals surface area contributed by atoms with E-state index >= 15 is 0 Å². The van der Waals surface area contributed by atoms with Gasteiger partial charge in [0.1, 0.15) is 6.10 Å². The smallest absolute Gasteiger partial charge is 0.332 e. The molecule has 1 amide bonds. The lowest BCUT2D eigenvalue weighted by Gasteiger charge is -2.26. The highest BCUT2D eigenvalue weighted by molar-refractivity contribution is 5.82. The predicted molar refractivity (Wildman–Crippen MR) is 75.5 cm³/mol. The Hall–Kier alpha value is -1.14. The number of carbonyl (C=O) groups excluding carboxylic acids is 1. The van der Waals surface area contributed by atoms with E-state index in [-0.39, 0.29) is 11.9 Å². The van der Waals surface area contributed by atoms with E-state index in [4.69, 9.17) is 9.84 Å². The van der Waals surface area contributed by atoms with Crippen molar-refractivity contribution < 1.29 is 19.4 Å². The molecule has 3 atom stereocenters. The maximum Gasteiger partial charge on any atom is 0.332 e. The van der Waals surface area contributed by atoms with Gasteiger partial charge in [0.15, 0.2) is 6.10 Å². The molecular formula is C14H26N2O4. The Labute approximate surface area is 120 Å². The summed E-state index contributed by atoms with van der Waals surface area (Å²) in [5, 5.41) is 11.7. The second kappa shape index (κ2) is 7.59. The zero-order valence-corrected chi connectivity index (χ0v) is 12.8. The van der Waals surface area contributed by atoms with Crippen LogP contribution in [0.5, 0.6) is 0 Å². The minimum atomic E-state index is -0.994. The lowest BCUT2D eigenvalue weighted by molar-refractivity contribution is -0.151. The lowest BCUT2D eigenvalue weighted by atomic mass is 10.0. The molecule has 20 heavy (non-hydrogen) atoms. The van der Waals surface area contributed by atoms with Crippen LogP contribution in [-0.4, -0.2) is 60.8 Å². The Morgan fingerprint density at radius 2 is 1.90 bits per heavy atom. The van der Waals surface area contributed by atoms with Crippen LogP contribution in [0.3, 0.4) is 0 Å². The summed E-state index contributed by atoms with van der Waals surface area (Å²) in [5.74, 6) is -0.644. The van der Waals surface area contributed by atoms with Gasteiger partial charge in [0, 0.05) is 12.6 Å². The largest absolute Gasteiger partial charge is 0.479 e. The standard InChI is InChI=1S/C14H26N2O4/c1-9(2)7-10(16(3)4)8-15-13(17)11-5-6-12(20-11)14(18)19/h9-12H,5-8H2,1-4H3,(H,15,17)(H,18,19). The highest BCUT2D eigenvalue weighted by Crippen LogP contribution is 2.20. The van der Waals surface area contributed by atoms with Gasteiger partial charge in [-0.1, -0.05) is 13.8 Å². The fourth-order valence-electron chi connectivity index (χ4n) is 2.36. The number of likely N-dealkylation sites (N-methyl/N-ethyl adjacent to an activating group) is 1. The number of carboxylic acids is 1. The first-order valence-corrected chi connectivity index (χ1v) is 7.13. The molecule has 116 valence electrons. The Morgan fingerprint density at radius 3 is 2.35 bits per heavy atom. The van der Waals surface area contributed by atoms with Crippen molar-refractivity contribution >= 4 is 11.9 Å². The molecule has 1 heterocycles. The van der Waals surface area contributed by atoms with Crippen molar-refractivity contribution in [1.82, 2.24) is 10.2 Å². The van der Waals surface area contributed by atoms with Crippen LogP contribution in [0.25, 0.3) is 0 Å². The molecule has 0 aromatic heterocycles. The Kier molecular flexibility index (Phi) is 6.42. The van der Waals surface area contributed by atoms with Crippen molar-refractivity contribution in [3.63, 3.8) is 0 Å². The Morgan fingerprint density at radius 1 is 1.30 bits per heavy atom. The van der Waals surface area contributed by atoms with Gasteiger partial charge in [-0.25, -0.2) is 4.79 Å². The molecule has 1 rings (SSSR count). The number of ether oxygens (including phenoxy) is 1. The van der Waals surface area contributed by atoms with Crippen LogP contribution in [0.4, 0.5) is 0 Å². The van der Waals surface area contributed by atoms with Gasteiger partial charge < -0.3 is 20.1 Å². The Bertz CT molecular complexity index is 344. The van der Waals surface area contributed by atoms with E-state index in [1.54, 1.807) is 0 Å². The van der Waals surface area contributed by atoms with Gasteiger partial charge in [-0.05, 0) is 39.3 Å². The number of carbonyl (C=O) groups is 2. The summed E-state index contributed by atoms with van der Waals surface area (Å²) in [7, 11) is 3.98. The molecule has 1 aliphatic heterocycles. The molecule has 1 saturated heterocycles. The van der Waals surface area contributed by atoms with Crippen molar-refractivity contribution in [2.45, 2.75) is 51.4 Å². The van der Waals surface area contributed by atoms with Crippen LogP contribution in [0.1, 0.15) is 33.1 Å². The first-order chi connectivity index (χ1) is 9.31. The van der Waals surface area contributed by atoms with Crippen LogP contribution >= 0.6 is 0 Å².